The molecule has 0 radical (unpaired) electrons. The van der Waals surface area contributed by atoms with Crippen molar-refractivity contribution >= 4 is 23.5 Å². The minimum absolute atomic E-state index is 0.0303. The number of halogens is 1. The van der Waals surface area contributed by atoms with Crippen LogP contribution >= 0.6 is 11.6 Å². The van der Waals surface area contributed by atoms with Crippen LogP contribution in [0.5, 0.6) is 0 Å². The number of hydrogen-bond acceptors (Lipinski definition) is 4. The molecule has 0 saturated heterocycles. The van der Waals surface area contributed by atoms with E-state index in [4.69, 9.17) is 17.3 Å². The van der Waals surface area contributed by atoms with Crippen LogP contribution in [0.4, 0.5) is 0 Å². The summed E-state index contributed by atoms with van der Waals surface area (Å²) in [5.41, 5.74) is 8.99. The van der Waals surface area contributed by atoms with Gasteiger partial charge in [0, 0.05) is 25.0 Å². The lowest BCUT2D eigenvalue weighted by Gasteiger charge is -2.40. The molecule has 2 N–H and O–H groups in total. The fourth-order valence-electron chi connectivity index (χ4n) is 4.03. The highest BCUT2D eigenvalue weighted by atomic mass is 35.5. The van der Waals surface area contributed by atoms with E-state index in [9.17, 15) is 4.79 Å². The fourth-order valence-corrected chi connectivity index (χ4v) is 4.20. The minimum Gasteiger partial charge on any atom is -0.369 e. The topological polar surface area (TPSA) is 71.6 Å². The second-order valence-corrected chi connectivity index (χ2v) is 8.17. The predicted molar refractivity (Wildman–Crippen MR) is 103 cm³/mol. The Bertz CT molecular complexity index is 953. The Labute approximate surface area is 157 Å². The summed E-state index contributed by atoms with van der Waals surface area (Å²) in [6, 6.07) is 8.08. The number of benzene rings is 1. The standard InChI is InChI=1S/C20H21ClN4O/c1-19(2)6-7-20(17(26)25(3)18(22)24-20)16-9-12(4-5-15(16)19)13-8-14(21)11-23-10-13/h4-5,8-11H,6-7H2,1-3H3,(H2,22,24). The molecule has 1 spiro atoms. The maximum atomic E-state index is 13.1. The van der Waals surface area contributed by atoms with E-state index in [2.05, 4.69) is 42.0 Å². The average molecular weight is 369 g/mol. The van der Waals surface area contributed by atoms with E-state index in [0.29, 0.717) is 11.4 Å². The van der Waals surface area contributed by atoms with E-state index in [0.717, 1.165) is 28.7 Å². The molecule has 1 aliphatic heterocycles. The molecule has 2 aliphatic rings. The Morgan fingerprint density at radius 3 is 2.54 bits per heavy atom. The first-order chi connectivity index (χ1) is 12.2. The van der Waals surface area contributed by atoms with Crippen molar-refractivity contribution in [3.8, 4) is 11.1 Å². The third kappa shape index (κ3) is 2.34. The summed E-state index contributed by atoms with van der Waals surface area (Å²) in [5, 5.41) is 0.578. The van der Waals surface area contributed by atoms with Crippen molar-refractivity contribution in [2.45, 2.75) is 37.6 Å². The molecule has 1 aromatic carbocycles. The number of likely N-dealkylation sites (N-methyl/N-ethyl adjacent to an activating group) is 1. The summed E-state index contributed by atoms with van der Waals surface area (Å²) in [6.45, 7) is 4.41. The number of carbonyl (C=O) groups is 1. The van der Waals surface area contributed by atoms with Crippen molar-refractivity contribution in [1.82, 2.24) is 9.88 Å². The van der Waals surface area contributed by atoms with Gasteiger partial charge in [-0.05, 0) is 47.1 Å². The summed E-state index contributed by atoms with van der Waals surface area (Å²) >= 11 is 6.10. The van der Waals surface area contributed by atoms with Crippen LogP contribution in [0.3, 0.4) is 0 Å². The molecule has 1 unspecified atom stereocenters. The Morgan fingerprint density at radius 2 is 1.88 bits per heavy atom. The molecule has 1 amide bonds. The van der Waals surface area contributed by atoms with Gasteiger partial charge in [0.05, 0.1) is 5.02 Å². The molecule has 0 fully saturated rings. The van der Waals surface area contributed by atoms with Gasteiger partial charge in [0.25, 0.3) is 5.91 Å². The van der Waals surface area contributed by atoms with Gasteiger partial charge in [0.2, 0.25) is 0 Å². The number of guanidine groups is 1. The highest BCUT2D eigenvalue weighted by Gasteiger charge is 2.53. The molecule has 1 aliphatic carbocycles. The highest BCUT2D eigenvalue weighted by Crippen LogP contribution is 2.50. The summed E-state index contributed by atoms with van der Waals surface area (Å²) in [7, 11) is 1.68. The lowest BCUT2D eigenvalue weighted by Crippen LogP contribution is -2.44. The summed E-state index contributed by atoms with van der Waals surface area (Å²) < 4.78 is 0. The summed E-state index contributed by atoms with van der Waals surface area (Å²) in [5.74, 6) is 0.212. The van der Waals surface area contributed by atoms with Gasteiger partial charge in [-0.15, -0.1) is 0 Å². The fraction of sp³-hybridized carbons (Fsp3) is 0.350. The van der Waals surface area contributed by atoms with E-state index < -0.39 is 5.54 Å². The monoisotopic (exact) mass is 368 g/mol. The zero-order chi connectivity index (χ0) is 18.7. The van der Waals surface area contributed by atoms with Crippen LogP contribution < -0.4 is 5.73 Å². The van der Waals surface area contributed by atoms with Gasteiger partial charge in [-0.3, -0.25) is 14.7 Å². The number of aromatic nitrogens is 1. The first-order valence-corrected chi connectivity index (χ1v) is 9.02. The molecule has 26 heavy (non-hydrogen) atoms. The summed E-state index contributed by atoms with van der Waals surface area (Å²) in [4.78, 5) is 23.3. The Balaban J connectivity index is 1.95. The Morgan fingerprint density at radius 1 is 1.12 bits per heavy atom. The first-order valence-electron chi connectivity index (χ1n) is 8.64. The number of pyridine rings is 1. The van der Waals surface area contributed by atoms with Crippen molar-refractivity contribution in [2.24, 2.45) is 10.7 Å². The van der Waals surface area contributed by atoms with Crippen LogP contribution in [-0.4, -0.2) is 28.8 Å². The number of carbonyl (C=O) groups excluding carboxylic acids is 1. The number of hydrogen-bond donors (Lipinski definition) is 1. The smallest absolute Gasteiger partial charge is 0.261 e. The van der Waals surface area contributed by atoms with Crippen LogP contribution in [0.15, 0.2) is 41.7 Å². The zero-order valence-electron chi connectivity index (χ0n) is 15.1. The third-order valence-electron chi connectivity index (χ3n) is 5.65. The molecule has 0 saturated carbocycles. The van der Waals surface area contributed by atoms with Crippen molar-refractivity contribution in [3.05, 3.63) is 52.8 Å². The first kappa shape index (κ1) is 17.0. The van der Waals surface area contributed by atoms with Crippen molar-refractivity contribution in [2.75, 3.05) is 7.05 Å². The molecule has 0 bridgehead atoms. The maximum Gasteiger partial charge on any atom is 0.261 e. The van der Waals surface area contributed by atoms with E-state index >= 15 is 0 Å². The van der Waals surface area contributed by atoms with E-state index in [-0.39, 0.29) is 17.3 Å². The van der Waals surface area contributed by atoms with Gasteiger partial charge in [0.15, 0.2) is 11.5 Å². The normalized spacial score (nSPS) is 23.9. The van der Waals surface area contributed by atoms with Crippen LogP contribution in [0.25, 0.3) is 11.1 Å². The summed E-state index contributed by atoms with van der Waals surface area (Å²) in [6.07, 6.45) is 4.89. The molecule has 2 aromatic rings. The third-order valence-corrected chi connectivity index (χ3v) is 5.86. The van der Waals surface area contributed by atoms with Gasteiger partial charge < -0.3 is 5.73 Å². The second kappa shape index (κ2) is 5.55. The van der Waals surface area contributed by atoms with Crippen LogP contribution in [0, 0.1) is 0 Å². The van der Waals surface area contributed by atoms with Gasteiger partial charge in [0.1, 0.15) is 0 Å². The molecule has 1 aromatic heterocycles. The molecule has 4 rings (SSSR count). The number of fused-ring (bicyclic) bond motifs is 2. The molecule has 1 atom stereocenters. The van der Waals surface area contributed by atoms with E-state index in [1.165, 1.54) is 4.90 Å². The van der Waals surface area contributed by atoms with Gasteiger partial charge >= 0.3 is 0 Å². The molecule has 2 heterocycles. The minimum atomic E-state index is -0.925. The lowest BCUT2D eigenvalue weighted by molar-refractivity contribution is -0.131. The van der Waals surface area contributed by atoms with E-state index in [1.54, 1.807) is 19.4 Å². The number of rotatable bonds is 1. The van der Waals surface area contributed by atoms with Crippen LogP contribution in [0.1, 0.15) is 37.8 Å². The molecule has 134 valence electrons. The number of amides is 1. The number of nitrogens with zero attached hydrogens (tertiary/aromatic N) is 3. The van der Waals surface area contributed by atoms with Crippen molar-refractivity contribution in [1.29, 1.82) is 0 Å². The Hall–Kier alpha value is -2.40. The number of aliphatic imine (C=N–C) groups is 1. The van der Waals surface area contributed by atoms with Crippen LogP contribution in [0.2, 0.25) is 5.02 Å². The Kier molecular flexibility index (Phi) is 3.63. The molecule has 6 heteroatoms. The molecular formula is C20H21ClN4O. The van der Waals surface area contributed by atoms with Crippen molar-refractivity contribution in [3.63, 3.8) is 0 Å². The molecular weight excluding hydrogens is 348 g/mol. The SMILES string of the molecule is CN1C(=O)C2(CCC(C)(C)c3ccc(-c4cncc(Cl)c4)cc32)N=C1N. The van der Waals surface area contributed by atoms with Crippen LogP contribution in [-0.2, 0) is 15.7 Å². The van der Waals surface area contributed by atoms with Gasteiger partial charge in [-0.2, -0.15) is 0 Å². The second-order valence-electron chi connectivity index (χ2n) is 7.73. The van der Waals surface area contributed by atoms with E-state index in [1.807, 2.05) is 6.07 Å². The lowest BCUT2D eigenvalue weighted by atomic mass is 9.65. The average Bonchev–Trinajstić information content (AvgIpc) is 2.83. The maximum absolute atomic E-state index is 13.1. The highest BCUT2D eigenvalue weighted by molar-refractivity contribution is 6.30. The quantitative estimate of drug-likeness (QED) is 0.837. The van der Waals surface area contributed by atoms with Gasteiger partial charge in [-0.1, -0.05) is 37.6 Å². The van der Waals surface area contributed by atoms with Gasteiger partial charge in [-0.25, -0.2) is 4.99 Å². The van der Waals surface area contributed by atoms with Crippen molar-refractivity contribution < 1.29 is 4.79 Å². The largest absolute Gasteiger partial charge is 0.369 e. The zero-order valence-corrected chi connectivity index (χ0v) is 15.8. The molecule has 5 nitrogen and oxygen atoms in total. The number of nitrogens with two attached hydrogens (primary N) is 1. The predicted octanol–water partition coefficient (Wildman–Crippen LogP) is 3.46.